The summed E-state index contributed by atoms with van der Waals surface area (Å²) >= 11 is 0. The molecule has 0 spiro atoms. The fraction of sp³-hybridized carbons (Fsp3) is 0.333. The second-order valence-electron chi connectivity index (χ2n) is 5.15. The van der Waals surface area contributed by atoms with Crippen molar-refractivity contribution < 1.29 is 5.11 Å². The summed E-state index contributed by atoms with van der Waals surface area (Å²) in [7, 11) is 0. The van der Waals surface area contributed by atoms with Crippen molar-refractivity contribution in [2.75, 3.05) is 6.54 Å². The molecule has 1 aliphatic rings. The van der Waals surface area contributed by atoms with Gasteiger partial charge in [-0.15, -0.1) is 0 Å². The van der Waals surface area contributed by atoms with Gasteiger partial charge >= 0.3 is 0 Å². The van der Waals surface area contributed by atoms with Gasteiger partial charge in [0, 0.05) is 6.04 Å². The molecule has 106 valence electrons. The predicted octanol–water partition coefficient (Wildman–Crippen LogP) is 3.31. The van der Waals surface area contributed by atoms with E-state index in [1.165, 1.54) is 0 Å². The van der Waals surface area contributed by atoms with Gasteiger partial charge < -0.3 is 10.4 Å². The van der Waals surface area contributed by atoms with Crippen LogP contribution >= 0.6 is 0 Å². The highest BCUT2D eigenvalue weighted by Gasteiger charge is 2.41. The molecule has 20 heavy (non-hydrogen) atoms. The quantitative estimate of drug-likeness (QED) is 0.896. The molecule has 1 atom stereocenters. The van der Waals surface area contributed by atoms with E-state index in [4.69, 9.17) is 0 Å². The molecule has 1 saturated heterocycles. The zero-order valence-electron chi connectivity index (χ0n) is 10.9. The minimum absolute atomic E-state index is 0. The highest BCUT2D eigenvalue weighted by Crippen LogP contribution is 2.36. The Morgan fingerprint density at radius 1 is 0.900 bits per heavy atom. The van der Waals surface area contributed by atoms with E-state index < -0.39 is 5.60 Å². The van der Waals surface area contributed by atoms with Crippen LogP contribution in [0.4, 0.5) is 0 Å². The predicted molar refractivity (Wildman–Crippen MR) is 83.6 cm³/mol. The van der Waals surface area contributed by atoms with Crippen LogP contribution in [-0.4, -0.2) is 17.7 Å². The number of rotatable bonds is 3. The lowest BCUT2D eigenvalue weighted by molar-refractivity contribution is 0.0442. The van der Waals surface area contributed by atoms with Gasteiger partial charge in [-0.1, -0.05) is 68.1 Å². The van der Waals surface area contributed by atoms with Crippen LogP contribution in [0.5, 0.6) is 0 Å². The lowest BCUT2D eigenvalue weighted by Gasteiger charge is -2.35. The normalized spacial score (nSPS) is 18.6. The number of benzene rings is 2. The molecule has 1 heterocycles. The van der Waals surface area contributed by atoms with Gasteiger partial charge in [0.05, 0.1) is 0 Å². The number of hydrogen-bond donors (Lipinski definition) is 2. The van der Waals surface area contributed by atoms with Crippen molar-refractivity contribution >= 4 is 0 Å². The van der Waals surface area contributed by atoms with Crippen LogP contribution in [0.25, 0.3) is 0 Å². The molecule has 2 aromatic carbocycles. The van der Waals surface area contributed by atoms with Gasteiger partial charge in [-0.2, -0.15) is 0 Å². The Kier molecular flexibility index (Phi) is 4.58. The number of hydrogen-bond acceptors (Lipinski definition) is 2. The molecule has 0 unspecified atom stereocenters. The molecule has 0 aliphatic carbocycles. The van der Waals surface area contributed by atoms with Crippen LogP contribution in [-0.2, 0) is 5.60 Å². The third-order valence-corrected chi connectivity index (χ3v) is 3.99. The SMILES string of the molecule is C.OC(c1ccccc1)(c1ccccc1)[C@H]1CCCN1. The summed E-state index contributed by atoms with van der Waals surface area (Å²) in [6.07, 6.45) is 2.12. The smallest absolute Gasteiger partial charge is 0.130 e. The van der Waals surface area contributed by atoms with E-state index in [1.807, 2.05) is 60.7 Å². The van der Waals surface area contributed by atoms with E-state index in [0.717, 1.165) is 30.5 Å². The first-order valence-corrected chi connectivity index (χ1v) is 6.88. The van der Waals surface area contributed by atoms with Gasteiger partial charge in [0.25, 0.3) is 0 Å². The topological polar surface area (TPSA) is 32.3 Å². The molecule has 2 heteroatoms. The molecule has 0 aromatic heterocycles. The first-order chi connectivity index (χ1) is 9.32. The zero-order valence-corrected chi connectivity index (χ0v) is 10.9. The average Bonchev–Trinajstić information content (AvgIpc) is 3.03. The van der Waals surface area contributed by atoms with Crippen molar-refractivity contribution in [3.8, 4) is 0 Å². The largest absolute Gasteiger partial charge is 0.379 e. The summed E-state index contributed by atoms with van der Waals surface area (Å²) in [5.41, 5.74) is 0.972. The van der Waals surface area contributed by atoms with E-state index in [1.54, 1.807) is 0 Å². The van der Waals surface area contributed by atoms with Gasteiger partial charge in [0.15, 0.2) is 0 Å². The van der Waals surface area contributed by atoms with Crippen LogP contribution in [0, 0.1) is 0 Å². The Morgan fingerprint density at radius 3 is 1.80 bits per heavy atom. The van der Waals surface area contributed by atoms with Crippen molar-refractivity contribution in [2.24, 2.45) is 0 Å². The molecular formula is C18H23NO. The molecule has 2 nitrogen and oxygen atoms in total. The van der Waals surface area contributed by atoms with E-state index in [-0.39, 0.29) is 13.5 Å². The van der Waals surface area contributed by atoms with Crippen LogP contribution in [0.15, 0.2) is 60.7 Å². The van der Waals surface area contributed by atoms with Gasteiger partial charge in [0.1, 0.15) is 5.60 Å². The molecule has 0 amide bonds. The van der Waals surface area contributed by atoms with Crippen molar-refractivity contribution in [3.05, 3.63) is 71.8 Å². The third kappa shape index (κ3) is 2.49. The van der Waals surface area contributed by atoms with Crippen molar-refractivity contribution in [2.45, 2.75) is 31.9 Å². The maximum atomic E-state index is 11.4. The van der Waals surface area contributed by atoms with Crippen molar-refractivity contribution in [1.82, 2.24) is 5.32 Å². The molecule has 1 fully saturated rings. The van der Waals surface area contributed by atoms with Crippen molar-refractivity contribution in [3.63, 3.8) is 0 Å². The maximum Gasteiger partial charge on any atom is 0.130 e. The molecular weight excluding hydrogens is 246 g/mol. The minimum atomic E-state index is -0.945. The number of nitrogens with one attached hydrogen (secondary N) is 1. The zero-order chi connectivity index (χ0) is 13.1. The second kappa shape index (κ2) is 6.21. The summed E-state index contributed by atoms with van der Waals surface area (Å²) in [6, 6.07) is 20.0. The fourth-order valence-electron chi connectivity index (χ4n) is 2.99. The van der Waals surface area contributed by atoms with Crippen LogP contribution < -0.4 is 5.32 Å². The fourth-order valence-corrected chi connectivity index (χ4v) is 2.99. The highest BCUT2D eigenvalue weighted by atomic mass is 16.3. The number of aliphatic hydroxyl groups is 1. The average molecular weight is 269 g/mol. The monoisotopic (exact) mass is 269 g/mol. The maximum absolute atomic E-state index is 11.4. The Bertz CT molecular complexity index is 478. The van der Waals surface area contributed by atoms with Gasteiger partial charge in [0.2, 0.25) is 0 Å². The lowest BCUT2D eigenvalue weighted by atomic mass is 9.79. The highest BCUT2D eigenvalue weighted by molar-refractivity contribution is 5.38. The molecule has 0 bridgehead atoms. The van der Waals surface area contributed by atoms with Crippen molar-refractivity contribution in [1.29, 1.82) is 0 Å². The summed E-state index contributed by atoms with van der Waals surface area (Å²) < 4.78 is 0. The van der Waals surface area contributed by atoms with E-state index in [0.29, 0.717) is 0 Å². The summed E-state index contributed by atoms with van der Waals surface area (Å²) in [6.45, 7) is 0.979. The lowest BCUT2D eigenvalue weighted by Crippen LogP contribution is -2.46. The van der Waals surface area contributed by atoms with Gasteiger partial charge in [-0.3, -0.25) is 0 Å². The summed E-state index contributed by atoms with van der Waals surface area (Å²) in [5.74, 6) is 0. The van der Waals surface area contributed by atoms with Crippen LogP contribution in [0.3, 0.4) is 0 Å². The van der Waals surface area contributed by atoms with Gasteiger partial charge in [-0.25, -0.2) is 0 Å². The third-order valence-electron chi connectivity index (χ3n) is 3.99. The van der Waals surface area contributed by atoms with E-state index >= 15 is 0 Å². The Hall–Kier alpha value is -1.64. The van der Waals surface area contributed by atoms with Crippen LogP contribution in [0.2, 0.25) is 0 Å². The standard InChI is InChI=1S/C17H19NO.CH4/c19-17(16-12-7-13-18-16,14-8-3-1-4-9-14)15-10-5-2-6-11-15;/h1-6,8-11,16,18-19H,7,12-13H2;1H4/t16-;/m1./s1. The molecule has 1 aliphatic heterocycles. The van der Waals surface area contributed by atoms with Gasteiger partial charge in [-0.05, 0) is 30.5 Å². The summed E-state index contributed by atoms with van der Waals surface area (Å²) in [5, 5.41) is 14.8. The molecule has 2 aromatic rings. The molecule has 3 rings (SSSR count). The first-order valence-electron chi connectivity index (χ1n) is 6.88. The first kappa shape index (κ1) is 14.8. The minimum Gasteiger partial charge on any atom is -0.379 e. The Labute approximate surface area is 121 Å². The molecule has 2 N–H and O–H groups in total. The van der Waals surface area contributed by atoms with E-state index in [2.05, 4.69) is 5.32 Å². The van der Waals surface area contributed by atoms with Crippen LogP contribution in [0.1, 0.15) is 31.4 Å². The molecule has 0 saturated carbocycles. The summed E-state index contributed by atoms with van der Waals surface area (Å²) in [4.78, 5) is 0. The molecule has 0 radical (unpaired) electrons. The second-order valence-corrected chi connectivity index (χ2v) is 5.15. The Morgan fingerprint density at radius 2 is 1.40 bits per heavy atom. The Balaban J connectivity index is 0.00000147. The van der Waals surface area contributed by atoms with E-state index in [9.17, 15) is 5.11 Å².